The summed E-state index contributed by atoms with van der Waals surface area (Å²) in [5.41, 5.74) is 3.46. The third-order valence-electron chi connectivity index (χ3n) is 5.44. The predicted octanol–water partition coefficient (Wildman–Crippen LogP) is 4.08. The Bertz CT molecular complexity index is 985. The van der Waals surface area contributed by atoms with Crippen molar-refractivity contribution in [1.82, 2.24) is 4.90 Å². The van der Waals surface area contributed by atoms with Crippen LogP contribution in [0.3, 0.4) is 0 Å². The fourth-order valence-electron chi connectivity index (χ4n) is 4.01. The molecule has 0 radical (unpaired) electrons. The first-order chi connectivity index (χ1) is 14.5. The Morgan fingerprint density at radius 2 is 1.90 bits per heavy atom. The number of rotatable bonds is 4. The minimum Gasteiger partial charge on any atom is -0.378 e. The number of fused-ring (bicyclic) bond motifs is 1. The molecule has 1 atom stereocenters. The van der Waals surface area contributed by atoms with E-state index in [1.54, 1.807) is 11.1 Å². The number of ether oxygens (including phenoxy) is 1. The maximum atomic E-state index is 13.0. The van der Waals surface area contributed by atoms with Gasteiger partial charge in [0.1, 0.15) is 0 Å². The lowest BCUT2D eigenvalue weighted by atomic mass is 9.93. The normalized spacial score (nSPS) is 18.1. The van der Waals surface area contributed by atoms with Crippen LogP contribution in [0.25, 0.3) is 6.08 Å². The second-order valence-electron chi connectivity index (χ2n) is 7.37. The molecule has 156 valence electrons. The molecule has 2 aromatic carbocycles. The van der Waals surface area contributed by atoms with Crippen molar-refractivity contribution in [2.45, 2.75) is 19.4 Å². The fourth-order valence-corrected chi connectivity index (χ4v) is 4.31. The Labute approximate surface area is 181 Å². The number of anilines is 2. The lowest BCUT2D eigenvalue weighted by Crippen LogP contribution is -2.37. The Kier molecular flexibility index (Phi) is 6.06. The topological polar surface area (TPSA) is 61.9 Å². The lowest BCUT2D eigenvalue weighted by Gasteiger charge is -2.33. The summed E-state index contributed by atoms with van der Waals surface area (Å²) in [5, 5.41) is 3.61. The molecule has 2 heterocycles. The molecule has 2 amide bonds. The van der Waals surface area contributed by atoms with Gasteiger partial charge in [0, 0.05) is 26.2 Å². The monoisotopic (exact) mass is 425 g/mol. The molecule has 1 N–H and O–H groups in total. The summed E-state index contributed by atoms with van der Waals surface area (Å²) in [5.74, 6) is -0.275. The number of para-hydroxylation sites is 1. The fraction of sp³-hybridized carbons (Fsp3) is 0.304. The Balaban J connectivity index is 1.57. The summed E-state index contributed by atoms with van der Waals surface area (Å²) in [4.78, 5) is 29.0. The van der Waals surface area contributed by atoms with Crippen molar-refractivity contribution in [3.05, 3.63) is 64.8 Å². The van der Waals surface area contributed by atoms with Gasteiger partial charge in [0.2, 0.25) is 11.8 Å². The van der Waals surface area contributed by atoms with Crippen LogP contribution in [0.1, 0.15) is 30.5 Å². The van der Waals surface area contributed by atoms with E-state index in [0.29, 0.717) is 37.0 Å². The highest BCUT2D eigenvalue weighted by Gasteiger charge is 2.29. The molecule has 30 heavy (non-hydrogen) atoms. The van der Waals surface area contributed by atoms with Gasteiger partial charge in [0.25, 0.3) is 0 Å². The van der Waals surface area contributed by atoms with Gasteiger partial charge < -0.3 is 19.9 Å². The molecular formula is C23H24ClN3O3. The summed E-state index contributed by atoms with van der Waals surface area (Å²) in [6.45, 7) is 4.18. The number of morpholine rings is 1. The third kappa shape index (κ3) is 4.20. The van der Waals surface area contributed by atoms with E-state index in [1.165, 1.54) is 6.92 Å². The van der Waals surface area contributed by atoms with Gasteiger partial charge in [-0.15, -0.1) is 0 Å². The lowest BCUT2D eigenvalue weighted by molar-refractivity contribution is -0.129. The number of halogens is 1. The van der Waals surface area contributed by atoms with E-state index in [9.17, 15) is 9.59 Å². The molecular weight excluding hydrogens is 402 g/mol. The summed E-state index contributed by atoms with van der Waals surface area (Å²) >= 11 is 6.47. The number of carbonyl (C=O) groups excluding carboxylic acids is 2. The van der Waals surface area contributed by atoms with E-state index in [1.807, 2.05) is 48.5 Å². The number of hydrogen-bond donors (Lipinski definition) is 1. The first kappa shape index (κ1) is 20.4. The molecule has 6 nitrogen and oxygen atoms in total. The first-order valence-corrected chi connectivity index (χ1v) is 10.4. The maximum Gasteiger partial charge on any atom is 0.226 e. The molecule has 0 bridgehead atoms. The average Bonchev–Trinajstić information content (AvgIpc) is 2.74. The maximum absolute atomic E-state index is 13.0. The van der Waals surface area contributed by atoms with Crippen LogP contribution in [-0.2, 0) is 14.3 Å². The number of amides is 2. The van der Waals surface area contributed by atoms with Crippen LogP contribution in [0.15, 0.2) is 48.7 Å². The summed E-state index contributed by atoms with van der Waals surface area (Å²) in [6.07, 6.45) is 3.80. The van der Waals surface area contributed by atoms with Crippen molar-refractivity contribution >= 4 is 40.9 Å². The van der Waals surface area contributed by atoms with Crippen molar-refractivity contribution in [3.63, 3.8) is 0 Å². The molecule has 2 aliphatic heterocycles. The molecule has 7 heteroatoms. The molecule has 0 saturated carbocycles. The van der Waals surface area contributed by atoms with Crippen LogP contribution >= 0.6 is 11.6 Å². The largest absolute Gasteiger partial charge is 0.378 e. The number of benzene rings is 2. The van der Waals surface area contributed by atoms with Crippen LogP contribution in [0.5, 0.6) is 0 Å². The van der Waals surface area contributed by atoms with E-state index < -0.39 is 0 Å². The summed E-state index contributed by atoms with van der Waals surface area (Å²) in [6, 6.07) is 13.0. The van der Waals surface area contributed by atoms with Crippen molar-refractivity contribution in [2.24, 2.45) is 0 Å². The van der Waals surface area contributed by atoms with Gasteiger partial charge in [-0.3, -0.25) is 9.59 Å². The zero-order valence-electron chi connectivity index (χ0n) is 16.8. The number of nitrogens with one attached hydrogen (secondary N) is 1. The standard InChI is InChI=1S/C23H24ClN3O3/c1-16(28)27-10-9-17-5-2-3-6-18(17)21(27)15-22(29)25-20-8-4-7-19(24)23(20)26-11-13-30-14-12-26/h2-10,21H,11-15H2,1H3,(H,25,29)/t21-/m0/s1. The first-order valence-electron chi connectivity index (χ1n) is 10.0. The van der Waals surface area contributed by atoms with E-state index in [-0.39, 0.29) is 24.3 Å². The molecule has 1 saturated heterocycles. The summed E-state index contributed by atoms with van der Waals surface area (Å²) in [7, 11) is 0. The van der Waals surface area contributed by atoms with Gasteiger partial charge in [0.05, 0.1) is 42.1 Å². The van der Waals surface area contributed by atoms with Gasteiger partial charge in [0.15, 0.2) is 0 Å². The van der Waals surface area contributed by atoms with Gasteiger partial charge >= 0.3 is 0 Å². The third-order valence-corrected chi connectivity index (χ3v) is 5.74. The van der Waals surface area contributed by atoms with Crippen molar-refractivity contribution in [1.29, 1.82) is 0 Å². The van der Waals surface area contributed by atoms with Crippen molar-refractivity contribution in [2.75, 3.05) is 36.5 Å². The van der Waals surface area contributed by atoms with Gasteiger partial charge in [-0.25, -0.2) is 0 Å². The van der Waals surface area contributed by atoms with Crippen LogP contribution in [0, 0.1) is 0 Å². The van der Waals surface area contributed by atoms with E-state index in [2.05, 4.69) is 10.2 Å². The molecule has 0 aliphatic carbocycles. The molecule has 4 rings (SSSR count). The second-order valence-corrected chi connectivity index (χ2v) is 7.78. The Hall–Kier alpha value is -2.83. The molecule has 2 aromatic rings. The second kappa shape index (κ2) is 8.90. The molecule has 0 aromatic heterocycles. The van der Waals surface area contributed by atoms with Crippen LogP contribution in [-0.4, -0.2) is 43.0 Å². The van der Waals surface area contributed by atoms with Crippen LogP contribution < -0.4 is 10.2 Å². The van der Waals surface area contributed by atoms with Crippen molar-refractivity contribution in [3.8, 4) is 0 Å². The average molecular weight is 426 g/mol. The van der Waals surface area contributed by atoms with Crippen molar-refractivity contribution < 1.29 is 14.3 Å². The molecule has 2 aliphatic rings. The van der Waals surface area contributed by atoms with E-state index in [0.717, 1.165) is 16.8 Å². The van der Waals surface area contributed by atoms with Gasteiger partial charge in [-0.1, -0.05) is 41.9 Å². The molecule has 0 spiro atoms. The minimum atomic E-state index is -0.352. The highest BCUT2D eigenvalue weighted by Crippen LogP contribution is 2.36. The minimum absolute atomic E-state index is 0.102. The highest BCUT2D eigenvalue weighted by molar-refractivity contribution is 6.34. The molecule has 1 fully saturated rings. The number of carbonyl (C=O) groups is 2. The van der Waals surface area contributed by atoms with Gasteiger partial charge in [-0.2, -0.15) is 0 Å². The van der Waals surface area contributed by atoms with E-state index in [4.69, 9.17) is 16.3 Å². The van der Waals surface area contributed by atoms with Gasteiger partial charge in [-0.05, 0) is 29.3 Å². The highest BCUT2D eigenvalue weighted by atomic mass is 35.5. The Morgan fingerprint density at radius 1 is 1.13 bits per heavy atom. The predicted molar refractivity (Wildman–Crippen MR) is 118 cm³/mol. The number of hydrogen-bond acceptors (Lipinski definition) is 4. The zero-order chi connectivity index (χ0) is 21.1. The zero-order valence-corrected chi connectivity index (χ0v) is 17.6. The Morgan fingerprint density at radius 3 is 2.67 bits per heavy atom. The van der Waals surface area contributed by atoms with E-state index >= 15 is 0 Å². The summed E-state index contributed by atoms with van der Waals surface area (Å²) < 4.78 is 5.43. The quantitative estimate of drug-likeness (QED) is 0.801. The smallest absolute Gasteiger partial charge is 0.226 e. The SMILES string of the molecule is CC(=O)N1C=Cc2ccccc2[C@@H]1CC(=O)Nc1cccc(Cl)c1N1CCOCC1. The van der Waals surface area contributed by atoms with Crippen LogP contribution in [0.2, 0.25) is 5.02 Å². The number of nitrogens with zero attached hydrogens (tertiary/aromatic N) is 2. The van der Waals surface area contributed by atoms with Crippen LogP contribution in [0.4, 0.5) is 11.4 Å². The molecule has 0 unspecified atom stereocenters.